The molecule has 0 fully saturated rings. The van der Waals surface area contributed by atoms with Crippen molar-refractivity contribution < 1.29 is 4.79 Å². The molecule has 0 aliphatic rings. The fourth-order valence-electron chi connectivity index (χ4n) is 2.34. The highest BCUT2D eigenvalue weighted by Gasteiger charge is 2.13. The molecule has 1 N–H and O–H groups in total. The molecule has 0 aliphatic heterocycles. The van der Waals surface area contributed by atoms with Crippen molar-refractivity contribution in [3.8, 4) is 0 Å². The molecule has 2 aromatic rings. The van der Waals surface area contributed by atoms with Crippen molar-refractivity contribution in [1.82, 2.24) is 4.90 Å². The highest BCUT2D eigenvalue weighted by Crippen LogP contribution is 2.17. The lowest BCUT2D eigenvalue weighted by Crippen LogP contribution is -2.26. The van der Waals surface area contributed by atoms with Crippen molar-refractivity contribution in [2.24, 2.45) is 0 Å². The fraction of sp³-hybridized carbons (Fsp3) is 0.278. The van der Waals surface area contributed by atoms with E-state index in [0.717, 1.165) is 22.4 Å². The molecule has 0 unspecified atom stereocenters. The highest BCUT2D eigenvalue weighted by atomic mass is 16.2. The Balaban J connectivity index is 2.11. The van der Waals surface area contributed by atoms with E-state index in [9.17, 15) is 4.79 Å². The standard InChI is InChI=1S/C18H22N2O/c1-13-5-7-15(8-6-13)12-20(4)18(21)16-9-10-17(19-3)14(2)11-16/h5-11,19H,12H2,1-4H3. The van der Waals surface area contributed by atoms with Gasteiger partial charge in [0.2, 0.25) is 0 Å². The zero-order valence-electron chi connectivity index (χ0n) is 13.1. The van der Waals surface area contributed by atoms with Crippen molar-refractivity contribution in [2.45, 2.75) is 20.4 Å². The third-order valence-corrected chi connectivity index (χ3v) is 3.63. The van der Waals surface area contributed by atoms with Crippen LogP contribution in [-0.2, 0) is 6.54 Å². The minimum absolute atomic E-state index is 0.0429. The highest BCUT2D eigenvalue weighted by molar-refractivity contribution is 5.94. The second kappa shape index (κ2) is 6.44. The number of hydrogen-bond donors (Lipinski definition) is 1. The molecule has 0 aromatic heterocycles. The van der Waals surface area contributed by atoms with Gasteiger partial charge < -0.3 is 10.2 Å². The van der Waals surface area contributed by atoms with Crippen LogP contribution in [0.2, 0.25) is 0 Å². The number of rotatable bonds is 4. The van der Waals surface area contributed by atoms with Crippen LogP contribution >= 0.6 is 0 Å². The molecule has 0 saturated carbocycles. The molecule has 2 rings (SSSR count). The van der Waals surface area contributed by atoms with Crippen LogP contribution in [0.3, 0.4) is 0 Å². The van der Waals surface area contributed by atoms with E-state index < -0.39 is 0 Å². The van der Waals surface area contributed by atoms with Gasteiger partial charge in [0, 0.05) is 31.9 Å². The first-order chi connectivity index (χ1) is 10.0. The number of carbonyl (C=O) groups is 1. The first kappa shape index (κ1) is 15.1. The number of aryl methyl sites for hydroxylation is 2. The predicted octanol–water partition coefficient (Wildman–Crippen LogP) is 3.62. The Hall–Kier alpha value is -2.29. The average Bonchev–Trinajstić information content (AvgIpc) is 2.48. The van der Waals surface area contributed by atoms with Gasteiger partial charge in [-0.05, 0) is 43.2 Å². The van der Waals surface area contributed by atoms with Crippen molar-refractivity contribution in [1.29, 1.82) is 0 Å². The van der Waals surface area contributed by atoms with Gasteiger partial charge in [-0.1, -0.05) is 29.8 Å². The van der Waals surface area contributed by atoms with Gasteiger partial charge in [-0.25, -0.2) is 0 Å². The molecule has 2 aromatic carbocycles. The smallest absolute Gasteiger partial charge is 0.253 e. The number of nitrogens with one attached hydrogen (secondary N) is 1. The van der Waals surface area contributed by atoms with E-state index in [-0.39, 0.29) is 5.91 Å². The number of hydrogen-bond acceptors (Lipinski definition) is 2. The van der Waals surface area contributed by atoms with Crippen LogP contribution in [0.1, 0.15) is 27.0 Å². The maximum absolute atomic E-state index is 12.5. The summed E-state index contributed by atoms with van der Waals surface area (Å²) in [7, 11) is 3.72. The number of carbonyl (C=O) groups excluding carboxylic acids is 1. The van der Waals surface area contributed by atoms with E-state index in [2.05, 4.69) is 36.5 Å². The van der Waals surface area contributed by atoms with Gasteiger partial charge in [0.15, 0.2) is 0 Å². The second-order valence-electron chi connectivity index (χ2n) is 5.43. The Kier molecular flexibility index (Phi) is 4.63. The molecule has 3 nitrogen and oxygen atoms in total. The number of benzene rings is 2. The van der Waals surface area contributed by atoms with Crippen LogP contribution in [0.5, 0.6) is 0 Å². The van der Waals surface area contributed by atoms with Crippen LogP contribution in [-0.4, -0.2) is 24.9 Å². The summed E-state index contributed by atoms with van der Waals surface area (Å²) in [6.45, 7) is 4.68. The summed E-state index contributed by atoms with van der Waals surface area (Å²) in [6, 6.07) is 14.0. The summed E-state index contributed by atoms with van der Waals surface area (Å²) in [5, 5.41) is 3.11. The van der Waals surface area contributed by atoms with E-state index in [1.165, 1.54) is 5.56 Å². The molecule has 0 heterocycles. The zero-order valence-corrected chi connectivity index (χ0v) is 13.1. The van der Waals surface area contributed by atoms with Crippen molar-refractivity contribution in [3.05, 3.63) is 64.7 Å². The molecule has 0 saturated heterocycles. The second-order valence-corrected chi connectivity index (χ2v) is 5.43. The summed E-state index contributed by atoms with van der Waals surface area (Å²) in [5.74, 6) is 0.0429. The minimum Gasteiger partial charge on any atom is -0.388 e. The largest absolute Gasteiger partial charge is 0.388 e. The van der Waals surface area contributed by atoms with Crippen LogP contribution in [0.15, 0.2) is 42.5 Å². The molecule has 0 atom stereocenters. The summed E-state index contributed by atoms with van der Waals surface area (Å²) in [5.41, 5.74) is 5.21. The predicted molar refractivity (Wildman–Crippen MR) is 87.7 cm³/mol. The topological polar surface area (TPSA) is 32.3 Å². The Bertz CT molecular complexity index is 632. The lowest BCUT2D eigenvalue weighted by Gasteiger charge is -2.18. The monoisotopic (exact) mass is 282 g/mol. The Morgan fingerprint density at radius 3 is 2.33 bits per heavy atom. The fourth-order valence-corrected chi connectivity index (χ4v) is 2.34. The van der Waals surface area contributed by atoms with E-state index in [4.69, 9.17) is 0 Å². The third-order valence-electron chi connectivity index (χ3n) is 3.63. The first-order valence-electron chi connectivity index (χ1n) is 7.10. The molecule has 0 bridgehead atoms. The minimum atomic E-state index is 0.0429. The Morgan fingerprint density at radius 2 is 1.76 bits per heavy atom. The average molecular weight is 282 g/mol. The van der Waals surface area contributed by atoms with Gasteiger partial charge >= 0.3 is 0 Å². The summed E-state index contributed by atoms with van der Waals surface area (Å²) >= 11 is 0. The maximum atomic E-state index is 12.5. The molecule has 0 spiro atoms. The van der Waals surface area contributed by atoms with Gasteiger partial charge in [-0.15, -0.1) is 0 Å². The molecular weight excluding hydrogens is 260 g/mol. The number of anilines is 1. The summed E-state index contributed by atoms with van der Waals surface area (Å²) in [4.78, 5) is 14.2. The molecule has 0 radical (unpaired) electrons. The first-order valence-corrected chi connectivity index (χ1v) is 7.10. The maximum Gasteiger partial charge on any atom is 0.253 e. The van der Waals surface area contributed by atoms with Crippen LogP contribution in [0.25, 0.3) is 0 Å². The van der Waals surface area contributed by atoms with Gasteiger partial charge in [0.05, 0.1) is 0 Å². The van der Waals surface area contributed by atoms with Crippen molar-refractivity contribution >= 4 is 11.6 Å². The van der Waals surface area contributed by atoms with E-state index in [1.807, 2.05) is 39.2 Å². The lowest BCUT2D eigenvalue weighted by atomic mass is 10.1. The van der Waals surface area contributed by atoms with Gasteiger partial charge in [0.25, 0.3) is 5.91 Å². The molecule has 1 amide bonds. The quantitative estimate of drug-likeness (QED) is 0.929. The van der Waals surface area contributed by atoms with Crippen LogP contribution < -0.4 is 5.32 Å². The normalized spacial score (nSPS) is 10.3. The van der Waals surface area contributed by atoms with Crippen LogP contribution in [0, 0.1) is 13.8 Å². The molecule has 3 heteroatoms. The van der Waals surface area contributed by atoms with Crippen molar-refractivity contribution in [3.63, 3.8) is 0 Å². The SMILES string of the molecule is CNc1ccc(C(=O)N(C)Cc2ccc(C)cc2)cc1C. The van der Waals surface area contributed by atoms with Gasteiger partial charge in [0.1, 0.15) is 0 Å². The van der Waals surface area contributed by atoms with E-state index in [0.29, 0.717) is 6.54 Å². The molecular formula is C18H22N2O. The molecule has 110 valence electrons. The third kappa shape index (κ3) is 3.63. The summed E-state index contributed by atoms with van der Waals surface area (Å²) in [6.07, 6.45) is 0. The summed E-state index contributed by atoms with van der Waals surface area (Å²) < 4.78 is 0. The van der Waals surface area contributed by atoms with E-state index in [1.54, 1.807) is 4.90 Å². The zero-order chi connectivity index (χ0) is 15.4. The Morgan fingerprint density at radius 1 is 1.10 bits per heavy atom. The molecule has 0 aliphatic carbocycles. The van der Waals surface area contributed by atoms with Crippen LogP contribution in [0.4, 0.5) is 5.69 Å². The van der Waals surface area contributed by atoms with Gasteiger partial charge in [-0.2, -0.15) is 0 Å². The Labute approximate surface area is 126 Å². The lowest BCUT2D eigenvalue weighted by molar-refractivity contribution is 0.0785. The number of nitrogens with zero attached hydrogens (tertiary/aromatic N) is 1. The van der Waals surface area contributed by atoms with Gasteiger partial charge in [-0.3, -0.25) is 4.79 Å². The number of amides is 1. The van der Waals surface area contributed by atoms with Crippen molar-refractivity contribution in [2.75, 3.05) is 19.4 Å². The van der Waals surface area contributed by atoms with E-state index >= 15 is 0 Å². The molecule has 21 heavy (non-hydrogen) atoms.